The van der Waals surface area contributed by atoms with E-state index >= 15 is 0 Å². The molecular weight excluding hydrogens is 362 g/mol. The Morgan fingerprint density at radius 3 is 2.91 bits per heavy atom. The molecule has 6 nitrogen and oxygen atoms in total. The molecule has 1 heterocycles. The van der Waals surface area contributed by atoms with Gasteiger partial charge in [-0.2, -0.15) is 0 Å². The third-order valence-corrected chi connectivity index (χ3v) is 4.66. The van der Waals surface area contributed by atoms with Gasteiger partial charge in [0, 0.05) is 13.1 Å². The van der Waals surface area contributed by atoms with Gasteiger partial charge in [-0.3, -0.25) is 15.0 Å². The number of hydrazine groups is 1. The van der Waals surface area contributed by atoms with Crippen LogP contribution in [0, 0.1) is 5.92 Å². The van der Waals surface area contributed by atoms with E-state index in [1.807, 2.05) is 18.2 Å². The number of carbonyl (C=O) groups is 2. The predicted molar refractivity (Wildman–Crippen MR) is 90.6 cm³/mol. The van der Waals surface area contributed by atoms with E-state index < -0.39 is 0 Å². The van der Waals surface area contributed by atoms with Crippen molar-refractivity contribution < 1.29 is 14.3 Å². The van der Waals surface area contributed by atoms with Crippen LogP contribution >= 0.6 is 15.9 Å². The lowest BCUT2D eigenvalue weighted by molar-refractivity contribution is -0.137. The molecule has 1 aliphatic heterocycles. The first-order valence-corrected chi connectivity index (χ1v) is 8.54. The van der Waals surface area contributed by atoms with Crippen molar-refractivity contribution in [2.45, 2.75) is 26.2 Å². The van der Waals surface area contributed by atoms with Gasteiger partial charge in [-0.1, -0.05) is 13.0 Å². The minimum Gasteiger partial charge on any atom is -0.483 e. The first-order valence-electron chi connectivity index (χ1n) is 7.74. The molecule has 0 bridgehead atoms. The fourth-order valence-corrected chi connectivity index (χ4v) is 3.19. The Morgan fingerprint density at radius 2 is 2.26 bits per heavy atom. The quantitative estimate of drug-likeness (QED) is 0.459. The van der Waals surface area contributed by atoms with Gasteiger partial charge in [0.2, 0.25) is 5.91 Å². The summed E-state index contributed by atoms with van der Waals surface area (Å²) in [6.45, 7) is 3.07. The maximum atomic E-state index is 12.3. The molecule has 0 saturated carbocycles. The van der Waals surface area contributed by atoms with Crippen molar-refractivity contribution in [2.75, 3.05) is 19.7 Å². The highest BCUT2D eigenvalue weighted by Crippen LogP contribution is 2.26. The van der Waals surface area contributed by atoms with Crippen molar-refractivity contribution in [1.29, 1.82) is 0 Å². The maximum Gasteiger partial charge on any atom is 0.260 e. The second-order valence-corrected chi connectivity index (χ2v) is 6.45. The Balaban J connectivity index is 1.90. The van der Waals surface area contributed by atoms with Crippen LogP contribution in [-0.2, 0) is 16.0 Å². The number of rotatable bonds is 5. The number of aryl methyl sites for hydroxylation is 1. The Kier molecular flexibility index (Phi) is 6.41. The minimum absolute atomic E-state index is 0.0406. The molecule has 0 radical (unpaired) electrons. The second-order valence-electron chi connectivity index (χ2n) is 5.59. The average molecular weight is 384 g/mol. The van der Waals surface area contributed by atoms with Crippen LogP contribution in [-0.4, -0.2) is 36.4 Å². The zero-order chi connectivity index (χ0) is 16.8. The number of amides is 2. The van der Waals surface area contributed by atoms with Crippen LogP contribution in [0.2, 0.25) is 0 Å². The first kappa shape index (κ1) is 17.7. The maximum absolute atomic E-state index is 12.3. The molecule has 0 aliphatic carbocycles. The van der Waals surface area contributed by atoms with Crippen LogP contribution in [0.5, 0.6) is 5.75 Å². The van der Waals surface area contributed by atoms with Crippen LogP contribution in [0.3, 0.4) is 0 Å². The summed E-state index contributed by atoms with van der Waals surface area (Å²) < 4.78 is 6.45. The minimum atomic E-state index is -0.242. The number of ether oxygens (including phenoxy) is 1. The number of carbonyl (C=O) groups excluding carboxylic acids is 2. The number of likely N-dealkylation sites (tertiary alicyclic amines) is 1. The lowest BCUT2D eigenvalue weighted by Gasteiger charge is -2.31. The molecule has 2 amide bonds. The first-order chi connectivity index (χ1) is 11.0. The zero-order valence-corrected chi connectivity index (χ0v) is 14.8. The largest absolute Gasteiger partial charge is 0.483 e. The molecule has 1 fully saturated rings. The van der Waals surface area contributed by atoms with Gasteiger partial charge < -0.3 is 9.64 Å². The third kappa shape index (κ3) is 4.68. The molecule has 1 aromatic rings. The number of benzene rings is 1. The lowest BCUT2D eigenvalue weighted by atomic mass is 9.97. The molecule has 7 heteroatoms. The van der Waals surface area contributed by atoms with Gasteiger partial charge in [-0.15, -0.1) is 0 Å². The molecule has 0 aromatic heterocycles. The van der Waals surface area contributed by atoms with E-state index in [9.17, 15) is 9.59 Å². The summed E-state index contributed by atoms with van der Waals surface area (Å²) in [5, 5.41) is 0. The van der Waals surface area contributed by atoms with Gasteiger partial charge in [0.25, 0.3) is 5.91 Å². The number of nitrogens with one attached hydrogen (secondary N) is 1. The SMILES string of the molecule is CCc1ccc(OCC(=O)N2CCCC(C(=O)NN)C2)c(Br)c1. The molecule has 0 spiro atoms. The molecule has 1 saturated heterocycles. The van der Waals surface area contributed by atoms with E-state index in [1.165, 1.54) is 5.56 Å². The standard InChI is InChI=1S/C16H22BrN3O3/c1-2-11-5-6-14(13(17)8-11)23-10-15(21)20-7-3-4-12(9-20)16(22)19-18/h5-6,8,12H,2-4,7,9-10,18H2,1H3,(H,19,22). The van der Waals surface area contributed by atoms with Gasteiger partial charge in [-0.25, -0.2) is 5.84 Å². The van der Waals surface area contributed by atoms with E-state index in [2.05, 4.69) is 28.3 Å². The van der Waals surface area contributed by atoms with Crippen molar-refractivity contribution in [3.05, 3.63) is 28.2 Å². The van der Waals surface area contributed by atoms with E-state index in [1.54, 1.807) is 4.90 Å². The van der Waals surface area contributed by atoms with Crippen molar-refractivity contribution in [3.8, 4) is 5.75 Å². The second kappa shape index (κ2) is 8.31. The van der Waals surface area contributed by atoms with E-state index in [0.717, 1.165) is 23.7 Å². The summed E-state index contributed by atoms with van der Waals surface area (Å²) >= 11 is 3.46. The molecular formula is C16H22BrN3O3. The van der Waals surface area contributed by atoms with Crippen molar-refractivity contribution >= 4 is 27.7 Å². The summed E-state index contributed by atoms with van der Waals surface area (Å²) in [5.74, 6) is 5.23. The highest BCUT2D eigenvalue weighted by atomic mass is 79.9. The number of hydrogen-bond donors (Lipinski definition) is 2. The van der Waals surface area contributed by atoms with Gasteiger partial charge in [0.05, 0.1) is 10.4 Å². The van der Waals surface area contributed by atoms with Gasteiger partial charge >= 0.3 is 0 Å². The van der Waals surface area contributed by atoms with Gasteiger partial charge in [0.15, 0.2) is 6.61 Å². The Bertz CT molecular complexity index is 580. The zero-order valence-electron chi connectivity index (χ0n) is 13.2. The summed E-state index contributed by atoms with van der Waals surface area (Å²) in [7, 11) is 0. The smallest absolute Gasteiger partial charge is 0.260 e. The van der Waals surface area contributed by atoms with Crippen LogP contribution in [0.25, 0.3) is 0 Å². The van der Waals surface area contributed by atoms with E-state index in [-0.39, 0.29) is 24.3 Å². The summed E-state index contributed by atoms with van der Waals surface area (Å²) in [4.78, 5) is 25.6. The van der Waals surface area contributed by atoms with Crippen LogP contribution in [0.4, 0.5) is 0 Å². The van der Waals surface area contributed by atoms with Crippen LogP contribution < -0.4 is 16.0 Å². The molecule has 1 aromatic carbocycles. The average Bonchev–Trinajstić information content (AvgIpc) is 2.59. The molecule has 23 heavy (non-hydrogen) atoms. The van der Waals surface area contributed by atoms with Gasteiger partial charge in [0.1, 0.15) is 5.75 Å². The number of nitrogens with zero attached hydrogens (tertiary/aromatic N) is 1. The normalized spacial score (nSPS) is 17.7. The Labute approximate surface area is 144 Å². The third-order valence-electron chi connectivity index (χ3n) is 4.04. The highest BCUT2D eigenvalue weighted by molar-refractivity contribution is 9.10. The highest BCUT2D eigenvalue weighted by Gasteiger charge is 2.28. The molecule has 1 unspecified atom stereocenters. The predicted octanol–water partition coefficient (Wildman–Crippen LogP) is 1.62. The topological polar surface area (TPSA) is 84.7 Å². The Hall–Kier alpha value is -1.60. The summed E-state index contributed by atoms with van der Waals surface area (Å²) in [5.41, 5.74) is 3.35. The summed E-state index contributed by atoms with van der Waals surface area (Å²) in [6.07, 6.45) is 2.48. The molecule has 126 valence electrons. The van der Waals surface area contributed by atoms with Crippen molar-refractivity contribution in [2.24, 2.45) is 11.8 Å². The number of piperidine rings is 1. The fourth-order valence-electron chi connectivity index (χ4n) is 2.65. The van der Waals surface area contributed by atoms with Crippen molar-refractivity contribution in [1.82, 2.24) is 10.3 Å². The van der Waals surface area contributed by atoms with Crippen LogP contribution in [0.1, 0.15) is 25.3 Å². The number of nitrogens with two attached hydrogens (primary N) is 1. The Morgan fingerprint density at radius 1 is 1.48 bits per heavy atom. The summed E-state index contributed by atoms with van der Waals surface area (Å²) in [6, 6.07) is 5.83. The molecule has 3 N–H and O–H groups in total. The van der Waals surface area contributed by atoms with E-state index in [4.69, 9.17) is 10.6 Å². The fraction of sp³-hybridized carbons (Fsp3) is 0.500. The van der Waals surface area contributed by atoms with Crippen molar-refractivity contribution in [3.63, 3.8) is 0 Å². The lowest BCUT2D eigenvalue weighted by Crippen LogP contribution is -2.48. The molecule has 1 atom stereocenters. The monoisotopic (exact) mass is 383 g/mol. The molecule has 2 rings (SSSR count). The number of halogens is 1. The molecule has 1 aliphatic rings. The van der Waals surface area contributed by atoms with E-state index in [0.29, 0.717) is 18.8 Å². The van der Waals surface area contributed by atoms with Gasteiger partial charge in [-0.05, 0) is 52.9 Å². The van der Waals surface area contributed by atoms with Crippen LogP contribution in [0.15, 0.2) is 22.7 Å². The number of hydrogen-bond acceptors (Lipinski definition) is 4.